The van der Waals surface area contributed by atoms with Gasteiger partial charge in [0, 0.05) is 17.3 Å². The Hall–Kier alpha value is -3.41. The number of amides is 3. The number of methoxy groups -OCH3 is 1. The van der Waals surface area contributed by atoms with E-state index in [-0.39, 0.29) is 41.4 Å². The molecule has 2 saturated carbocycles. The summed E-state index contributed by atoms with van der Waals surface area (Å²) < 4.78 is 5.19. The highest BCUT2D eigenvalue weighted by atomic mass is 16.5. The second-order valence-corrected chi connectivity index (χ2v) is 8.90. The number of nitrogens with zero attached hydrogens (tertiary/aromatic N) is 1. The van der Waals surface area contributed by atoms with Gasteiger partial charge < -0.3 is 10.1 Å². The van der Waals surface area contributed by atoms with E-state index in [4.69, 9.17) is 4.74 Å². The van der Waals surface area contributed by atoms with Crippen molar-refractivity contribution in [2.24, 2.45) is 35.5 Å². The molecule has 1 saturated heterocycles. The predicted molar refractivity (Wildman–Crippen MR) is 115 cm³/mol. The molecule has 2 aromatic carbocycles. The maximum absolute atomic E-state index is 13.3. The first kappa shape index (κ1) is 18.4. The van der Waals surface area contributed by atoms with Crippen LogP contribution in [0.15, 0.2) is 60.7 Å². The van der Waals surface area contributed by atoms with E-state index in [0.717, 1.165) is 6.42 Å². The molecule has 7 rings (SSSR count). The van der Waals surface area contributed by atoms with Gasteiger partial charge in [-0.05, 0) is 60.4 Å². The fraction of sp³-hybridized carbons (Fsp3) is 0.320. The van der Waals surface area contributed by atoms with Gasteiger partial charge in [-0.15, -0.1) is 0 Å². The second-order valence-electron chi connectivity index (χ2n) is 8.90. The van der Waals surface area contributed by atoms with Crippen LogP contribution in [0.1, 0.15) is 16.8 Å². The number of imide groups is 1. The van der Waals surface area contributed by atoms with Crippen molar-refractivity contribution < 1.29 is 19.1 Å². The minimum atomic E-state index is -0.311. The molecule has 3 amide bonds. The molecule has 2 bridgehead atoms. The van der Waals surface area contributed by atoms with E-state index >= 15 is 0 Å². The van der Waals surface area contributed by atoms with Crippen LogP contribution in [0, 0.1) is 35.5 Å². The molecule has 2 aromatic rings. The molecule has 6 heteroatoms. The first-order valence-corrected chi connectivity index (χ1v) is 10.7. The van der Waals surface area contributed by atoms with E-state index in [1.165, 1.54) is 4.90 Å². The molecule has 1 heterocycles. The summed E-state index contributed by atoms with van der Waals surface area (Å²) in [4.78, 5) is 40.7. The van der Waals surface area contributed by atoms with Crippen LogP contribution < -0.4 is 15.0 Å². The molecule has 1 aliphatic heterocycles. The van der Waals surface area contributed by atoms with Crippen LogP contribution in [0.3, 0.4) is 0 Å². The molecule has 1 N–H and O–H groups in total. The summed E-state index contributed by atoms with van der Waals surface area (Å²) in [6, 6.07) is 13.8. The van der Waals surface area contributed by atoms with Crippen molar-refractivity contribution in [3.05, 3.63) is 66.2 Å². The number of benzene rings is 2. The Bertz CT molecular complexity index is 1120. The van der Waals surface area contributed by atoms with Gasteiger partial charge in [0.2, 0.25) is 11.8 Å². The number of carbonyl (C=O) groups is 3. The van der Waals surface area contributed by atoms with Crippen LogP contribution in [0.25, 0.3) is 0 Å². The third kappa shape index (κ3) is 2.67. The maximum Gasteiger partial charge on any atom is 0.255 e. The Kier molecular flexibility index (Phi) is 3.88. The highest BCUT2D eigenvalue weighted by Gasteiger charge is 2.67. The molecule has 4 aliphatic carbocycles. The Morgan fingerprint density at radius 2 is 1.65 bits per heavy atom. The molecule has 0 aromatic heterocycles. The topological polar surface area (TPSA) is 75.7 Å². The minimum Gasteiger partial charge on any atom is -0.497 e. The van der Waals surface area contributed by atoms with Gasteiger partial charge in [-0.1, -0.05) is 24.3 Å². The van der Waals surface area contributed by atoms with Gasteiger partial charge in [-0.25, -0.2) is 4.90 Å². The number of carbonyl (C=O) groups excluding carboxylic acids is 3. The summed E-state index contributed by atoms with van der Waals surface area (Å²) in [5.74, 6) is 1.08. The first-order chi connectivity index (χ1) is 15.1. The highest BCUT2D eigenvalue weighted by molar-refractivity contribution is 6.23. The minimum absolute atomic E-state index is 0.120. The van der Waals surface area contributed by atoms with Crippen molar-refractivity contribution in [2.75, 3.05) is 17.3 Å². The number of hydrogen-bond donors (Lipinski definition) is 1. The normalized spacial score (nSPS) is 32.0. The summed E-state index contributed by atoms with van der Waals surface area (Å²) in [6.07, 6.45) is 5.45. The molecule has 6 nitrogen and oxygen atoms in total. The van der Waals surface area contributed by atoms with E-state index in [1.807, 2.05) is 0 Å². The lowest BCUT2D eigenvalue weighted by Gasteiger charge is -2.37. The number of anilines is 2. The number of allylic oxidation sites excluding steroid dienone is 2. The van der Waals surface area contributed by atoms with E-state index in [9.17, 15) is 14.4 Å². The average molecular weight is 414 g/mol. The largest absolute Gasteiger partial charge is 0.497 e. The van der Waals surface area contributed by atoms with Crippen LogP contribution in [-0.4, -0.2) is 24.8 Å². The highest BCUT2D eigenvalue weighted by Crippen LogP contribution is 2.65. The lowest BCUT2D eigenvalue weighted by atomic mass is 9.63. The third-order valence-electron chi connectivity index (χ3n) is 7.36. The van der Waals surface area contributed by atoms with Crippen molar-refractivity contribution in [1.82, 2.24) is 0 Å². The standard InChI is InChI=1S/C25H22N2O4/c1-31-16-7-3-5-14(11-16)26-23(28)13-4-2-6-15(10-13)27-24(29)21-17-8-9-18(20-12-19(17)20)22(21)25(27)30/h2-11,17-22H,12H2,1H3,(H,26,28)/t17-,18-,19-,20+,21-,22+/m0/s1. The zero-order chi connectivity index (χ0) is 21.3. The van der Waals surface area contributed by atoms with Gasteiger partial charge in [-0.3, -0.25) is 14.4 Å². The number of nitrogens with one attached hydrogen (secondary N) is 1. The molecule has 156 valence electrons. The van der Waals surface area contributed by atoms with Gasteiger partial charge in [0.25, 0.3) is 5.91 Å². The Balaban J connectivity index is 1.27. The SMILES string of the molecule is COc1cccc(NC(=O)c2cccc(N3C(=O)[C@@H]4[C@H]5C=C[C@@H]([C@@H]6C[C@H]56)[C@@H]4C3=O)c2)c1. The predicted octanol–water partition coefficient (Wildman–Crippen LogP) is 3.51. The lowest BCUT2D eigenvalue weighted by Crippen LogP contribution is -2.40. The summed E-state index contributed by atoms with van der Waals surface area (Å²) >= 11 is 0. The number of hydrogen-bond acceptors (Lipinski definition) is 4. The lowest BCUT2D eigenvalue weighted by molar-refractivity contribution is -0.124. The van der Waals surface area contributed by atoms with Gasteiger partial charge >= 0.3 is 0 Å². The fourth-order valence-corrected chi connectivity index (χ4v) is 5.90. The molecule has 5 aliphatic rings. The van der Waals surface area contributed by atoms with Gasteiger partial charge in [0.05, 0.1) is 24.6 Å². The van der Waals surface area contributed by atoms with Gasteiger partial charge in [0.1, 0.15) is 5.75 Å². The molecule has 31 heavy (non-hydrogen) atoms. The van der Waals surface area contributed by atoms with Crippen molar-refractivity contribution in [3.8, 4) is 5.75 Å². The Morgan fingerprint density at radius 1 is 0.968 bits per heavy atom. The van der Waals surface area contributed by atoms with Crippen LogP contribution in [0.5, 0.6) is 5.75 Å². The van der Waals surface area contributed by atoms with Gasteiger partial charge in [-0.2, -0.15) is 0 Å². The second kappa shape index (κ2) is 6.54. The van der Waals surface area contributed by atoms with Crippen LogP contribution in [0.2, 0.25) is 0 Å². The molecule has 0 unspecified atom stereocenters. The van der Waals surface area contributed by atoms with Crippen LogP contribution in [-0.2, 0) is 9.59 Å². The number of ether oxygens (including phenoxy) is 1. The Labute approximate surface area is 179 Å². The molecular weight excluding hydrogens is 392 g/mol. The van der Waals surface area contributed by atoms with Crippen molar-refractivity contribution in [3.63, 3.8) is 0 Å². The van der Waals surface area contributed by atoms with Crippen molar-refractivity contribution in [2.45, 2.75) is 6.42 Å². The first-order valence-electron chi connectivity index (χ1n) is 10.7. The summed E-state index contributed by atoms with van der Waals surface area (Å²) in [5.41, 5.74) is 1.46. The summed E-state index contributed by atoms with van der Waals surface area (Å²) in [5, 5.41) is 2.84. The van der Waals surface area contributed by atoms with E-state index in [1.54, 1.807) is 55.6 Å². The smallest absolute Gasteiger partial charge is 0.255 e. The fourth-order valence-electron chi connectivity index (χ4n) is 5.90. The van der Waals surface area contributed by atoms with Gasteiger partial charge in [0.15, 0.2) is 0 Å². The molecule has 6 atom stereocenters. The van der Waals surface area contributed by atoms with Crippen molar-refractivity contribution in [1.29, 1.82) is 0 Å². The maximum atomic E-state index is 13.3. The van der Waals surface area contributed by atoms with E-state index < -0.39 is 0 Å². The van der Waals surface area contributed by atoms with E-state index in [0.29, 0.717) is 34.5 Å². The Morgan fingerprint density at radius 3 is 2.32 bits per heavy atom. The summed E-state index contributed by atoms with van der Waals surface area (Å²) in [7, 11) is 1.57. The molecule has 0 radical (unpaired) electrons. The molecule has 0 spiro atoms. The molecule has 3 fully saturated rings. The zero-order valence-corrected chi connectivity index (χ0v) is 17.0. The number of rotatable bonds is 4. The van der Waals surface area contributed by atoms with Crippen LogP contribution in [0.4, 0.5) is 11.4 Å². The van der Waals surface area contributed by atoms with Crippen molar-refractivity contribution >= 4 is 29.1 Å². The van der Waals surface area contributed by atoms with Crippen LogP contribution >= 0.6 is 0 Å². The third-order valence-corrected chi connectivity index (χ3v) is 7.36. The summed E-state index contributed by atoms with van der Waals surface area (Å²) in [6.45, 7) is 0. The zero-order valence-electron chi connectivity index (χ0n) is 17.0. The molecular formula is C25H22N2O4. The monoisotopic (exact) mass is 414 g/mol. The van der Waals surface area contributed by atoms with E-state index in [2.05, 4.69) is 17.5 Å². The average Bonchev–Trinajstić information content (AvgIpc) is 3.57. The quantitative estimate of drug-likeness (QED) is 0.614.